The van der Waals surface area contributed by atoms with Crippen LogP contribution in [0.15, 0.2) is 48.5 Å². The fraction of sp³-hybridized carbons (Fsp3) is 0.300. The number of esters is 1. The summed E-state index contributed by atoms with van der Waals surface area (Å²) in [6, 6.07) is 13.5. The predicted molar refractivity (Wildman–Crippen MR) is 108 cm³/mol. The number of methoxy groups -OCH3 is 1. The summed E-state index contributed by atoms with van der Waals surface area (Å²) < 4.78 is 10.4. The van der Waals surface area contributed by atoms with Crippen LogP contribution in [0.25, 0.3) is 0 Å². The molecule has 0 aliphatic rings. The van der Waals surface area contributed by atoms with E-state index >= 15 is 0 Å². The van der Waals surface area contributed by atoms with E-state index in [1.165, 1.54) is 7.11 Å². The Kier molecular flexibility index (Phi) is 8.48. The first-order chi connectivity index (χ1) is 13.0. The molecule has 1 amide bonds. The molecule has 27 heavy (non-hydrogen) atoms. The van der Waals surface area contributed by atoms with E-state index in [4.69, 9.17) is 21.1 Å². The van der Waals surface area contributed by atoms with Gasteiger partial charge in [-0.05, 0) is 60.4 Å². The van der Waals surface area contributed by atoms with Gasteiger partial charge in [0.2, 0.25) is 0 Å². The largest absolute Gasteiger partial charge is 0.489 e. The predicted octanol–water partition coefficient (Wildman–Crippen LogP) is 3.94. The summed E-state index contributed by atoms with van der Waals surface area (Å²) in [4.78, 5) is 24.2. The Morgan fingerprint density at radius 3 is 2.37 bits per heavy atom. The Balaban J connectivity index is 1.93. The van der Waals surface area contributed by atoms with Crippen LogP contribution in [-0.4, -0.2) is 37.0 Å². The first-order valence-electron chi connectivity index (χ1n) is 8.38. The van der Waals surface area contributed by atoms with Gasteiger partial charge in [-0.1, -0.05) is 23.7 Å². The summed E-state index contributed by atoms with van der Waals surface area (Å²) in [6.07, 6.45) is 2.47. The van der Waals surface area contributed by atoms with Gasteiger partial charge in [-0.2, -0.15) is 11.8 Å². The average Bonchev–Trinajstić information content (AvgIpc) is 2.70. The standard InChI is InChI=1S/C20H22ClNO4S/c1-25-20(24)18(11-12-27-2)22-19(23)15-5-3-14(4-6-15)13-26-17-9-7-16(21)8-10-17/h3-10,18H,11-13H2,1-2H3,(H,22,23)/t18-/m0/s1. The minimum atomic E-state index is -0.650. The third-order valence-electron chi connectivity index (χ3n) is 3.84. The monoisotopic (exact) mass is 407 g/mol. The summed E-state index contributed by atoms with van der Waals surface area (Å²) >= 11 is 7.45. The second kappa shape index (κ2) is 10.8. The molecule has 0 aliphatic carbocycles. The maximum atomic E-state index is 12.4. The van der Waals surface area contributed by atoms with Gasteiger partial charge in [0.15, 0.2) is 0 Å². The lowest BCUT2D eigenvalue weighted by Gasteiger charge is -2.16. The van der Waals surface area contributed by atoms with Crippen LogP contribution in [0.5, 0.6) is 5.75 Å². The van der Waals surface area contributed by atoms with Crippen LogP contribution in [-0.2, 0) is 16.1 Å². The highest BCUT2D eigenvalue weighted by Crippen LogP contribution is 2.17. The normalized spacial score (nSPS) is 11.5. The molecule has 5 nitrogen and oxygen atoms in total. The molecule has 0 bridgehead atoms. The van der Waals surface area contributed by atoms with Crippen molar-refractivity contribution in [3.05, 3.63) is 64.7 Å². The van der Waals surface area contributed by atoms with Crippen molar-refractivity contribution in [1.29, 1.82) is 0 Å². The third-order valence-corrected chi connectivity index (χ3v) is 4.73. The van der Waals surface area contributed by atoms with Crippen LogP contribution >= 0.6 is 23.4 Å². The summed E-state index contributed by atoms with van der Waals surface area (Å²) in [5, 5.41) is 3.38. The summed E-state index contributed by atoms with van der Waals surface area (Å²) in [6.45, 7) is 0.377. The number of benzene rings is 2. The van der Waals surface area contributed by atoms with Crippen molar-refractivity contribution in [3.8, 4) is 5.75 Å². The third kappa shape index (κ3) is 6.81. The first-order valence-corrected chi connectivity index (χ1v) is 10.2. The number of thioether (sulfide) groups is 1. The zero-order valence-electron chi connectivity index (χ0n) is 15.2. The molecule has 2 aromatic rings. The molecule has 0 saturated carbocycles. The van der Waals surface area contributed by atoms with Gasteiger partial charge in [0, 0.05) is 10.6 Å². The van der Waals surface area contributed by atoms with Crippen LogP contribution in [0.4, 0.5) is 0 Å². The Morgan fingerprint density at radius 2 is 1.78 bits per heavy atom. The Bertz CT molecular complexity index is 750. The highest BCUT2D eigenvalue weighted by molar-refractivity contribution is 7.98. The highest BCUT2D eigenvalue weighted by atomic mass is 35.5. The van der Waals surface area contributed by atoms with Crippen LogP contribution in [0.1, 0.15) is 22.3 Å². The van der Waals surface area contributed by atoms with E-state index in [1.54, 1.807) is 48.2 Å². The smallest absolute Gasteiger partial charge is 0.328 e. The minimum absolute atomic E-state index is 0.309. The molecule has 0 aliphatic heterocycles. The second-order valence-electron chi connectivity index (χ2n) is 5.77. The molecular formula is C20H22ClNO4S. The van der Waals surface area contributed by atoms with Crippen molar-refractivity contribution in [2.75, 3.05) is 19.1 Å². The van der Waals surface area contributed by atoms with Gasteiger partial charge < -0.3 is 14.8 Å². The Hall–Kier alpha value is -2.18. The number of ether oxygens (including phenoxy) is 2. The van der Waals surface area contributed by atoms with Crippen molar-refractivity contribution in [1.82, 2.24) is 5.32 Å². The van der Waals surface area contributed by atoms with Crippen LogP contribution < -0.4 is 10.1 Å². The highest BCUT2D eigenvalue weighted by Gasteiger charge is 2.21. The van der Waals surface area contributed by atoms with Crippen molar-refractivity contribution in [2.45, 2.75) is 19.1 Å². The number of hydrogen-bond donors (Lipinski definition) is 1. The zero-order valence-corrected chi connectivity index (χ0v) is 16.8. The molecular weight excluding hydrogens is 386 g/mol. The van der Waals surface area contributed by atoms with Gasteiger partial charge in [-0.15, -0.1) is 0 Å². The lowest BCUT2D eigenvalue weighted by Crippen LogP contribution is -2.41. The van der Waals surface area contributed by atoms with Gasteiger partial charge in [-0.25, -0.2) is 4.79 Å². The lowest BCUT2D eigenvalue weighted by molar-refractivity contribution is -0.142. The molecule has 0 fully saturated rings. The van der Waals surface area contributed by atoms with E-state index in [9.17, 15) is 9.59 Å². The fourth-order valence-electron chi connectivity index (χ4n) is 2.32. The number of hydrogen-bond acceptors (Lipinski definition) is 5. The molecule has 0 radical (unpaired) electrons. The van der Waals surface area contributed by atoms with E-state index < -0.39 is 12.0 Å². The van der Waals surface area contributed by atoms with Crippen molar-refractivity contribution in [2.24, 2.45) is 0 Å². The van der Waals surface area contributed by atoms with E-state index in [0.29, 0.717) is 23.6 Å². The van der Waals surface area contributed by atoms with Gasteiger partial charge in [0.05, 0.1) is 7.11 Å². The zero-order chi connectivity index (χ0) is 19.6. The average molecular weight is 408 g/mol. The van der Waals surface area contributed by atoms with Gasteiger partial charge in [-0.3, -0.25) is 4.79 Å². The molecule has 7 heteroatoms. The Morgan fingerprint density at radius 1 is 1.11 bits per heavy atom. The summed E-state index contributed by atoms with van der Waals surface area (Å²) in [5.74, 6) is 0.721. The number of carbonyl (C=O) groups is 2. The molecule has 2 aromatic carbocycles. The van der Waals surface area contributed by atoms with Crippen LogP contribution in [0.3, 0.4) is 0 Å². The van der Waals surface area contributed by atoms with E-state index in [2.05, 4.69) is 5.32 Å². The van der Waals surface area contributed by atoms with Crippen LogP contribution in [0, 0.1) is 0 Å². The van der Waals surface area contributed by atoms with Crippen LogP contribution in [0.2, 0.25) is 5.02 Å². The quantitative estimate of drug-likeness (QED) is 0.638. The minimum Gasteiger partial charge on any atom is -0.489 e. The van der Waals surface area contributed by atoms with Gasteiger partial charge in [0.1, 0.15) is 18.4 Å². The molecule has 2 rings (SSSR count). The lowest BCUT2D eigenvalue weighted by atomic mass is 10.1. The van der Waals surface area contributed by atoms with E-state index in [0.717, 1.165) is 17.1 Å². The molecule has 1 atom stereocenters. The number of rotatable bonds is 9. The first kappa shape index (κ1) is 21.1. The summed E-state index contributed by atoms with van der Waals surface area (Å²) in [7, 11) is 1.32. The van der Waals surface area contributed by atoms with Gasteiger partial charge >= 0.3 is 5.97 Å². The molecule has 0 spiro atoms. The van der Waals surface area contributed by atoms with Crippen molar-refractivity contribution in [3.63, 3.8) is 0 Å². The molecule has 144 valence electrons. The molecule has 1 N–H and O–H groups in total. The number of halogens is 1. The fourth-order valence-corrected chi connectivity index (χ4v) is 2.92. The topological polar surface area (TPSA) is 64.6 Å². The maximum Gasteiger partial charge on any atom is 0.328 e. The number of carbonyl (C=O) groups excluding carboxylic acids is 2. The van der Waals surface area contributed by atoms with Crippen molar-refractivity contribution >= 4 is 35.2 Å². The summed E-state index contributed by atoms with van der Waals surface area (Å²) in [5.41, 5.74) is 1.40. The SMILES string of the molecule is COC(=O)[C@H](CCSC)NC(=O)c1ccc(COc2ccc(Cl)cc2)cc1. The van der Waals surface area contributed by atoms with E-state index in [1.807, 2.05) is 18.4 Å². The van der Waals surface area contributed by atoms with Gasteiger partial charge in [0.25, 0.3) is 5.91 Å². The molecule has 0 aromatic heterocycles. The van der Waals surface area contributed by atoms with Crippen molar-refractivity contribution < 1.29 is 19.1 Å². The van der Waals surface area contributed by atoms with E-state index in [-0.39, 0.29) is 5.91 Å². The molecule has 0 saturated heterocycles. The number of amides is 1. The second-order valence-corrected chi connectivity index (χ2v) is 7.19. The maximum absolute atomic E-state index is 12.4. The Labute approximate surface area is 168 Å². The number of nitrogens with one attached hydrogen (secondary N) is 1. The molecule has 0 heterocycles. The molecule has 0 unspecified atom stereocenters.